The van der Waals surface area contributed by atoms with Gasteiger partial charge in [0.25, 0.3) is 0 Å². The fraction of sp³-hybridized carbons (Fsp3) is 0.652. The Balaban J connectivity index is 1.76. The largest absolute Gasteiger partial charge is 0.444 e. The van der Waals surface area contributed by atoms with Gasteiger partial charge in [-0.15, -0.1) is 0 Å². The Morgan fingerprint density at radius 1 is 1.14 bits per heavy atom. The topological polar surface area (TPSA) is 58.6 Å². The molecule has 5 heteroatoms. The van der Waals surface area contributed by atoms with Gasteiger partial charge in [0, 0.05) is 32.0 Å². The van der Waals surface area contributed by atoms with Crippen molar-refractivity contribution in [3.05, 3.63) is 35.9 Å². The number of rotatable bonds is 6. The van der Waals surface area contributed by atoms with Crippen LogP contribution in [0, 0.1) is 11.8 Å². The normalized spacial score (nSPS) is 16.7. The number of nitrogens with one attached hydrogen (secondary N) is 1. The number of benzene rings is 1. The van der Waals surface area contributed by atoms with Crippen molar-refractivity contribution in [3.8, 4) is 0 Å². The number of ether oxygens (including phenoxy) is 1. The number of carbonyl (C=O) groups is 2. The number of hydrogen-bond acceptors (Lipinski definition) is 3. The Labute approximate surface area is 169 Å². The minimum atomic E-state index is -0.473. The molecule has 0 saturated carbocycles. The van der Waals surface area contributed by atoms with Crippen LogP contribution in [-0.4, -0.2) is 42.1 Å². The van der Waals surface area contributed by atoms with Crippen LogP contribution in [0.4, 0.5) is 4.79 Å². The molecular weight excluding hydrogens is 352 g/mol. The zero-order chi connectivity index (χ0) is 20.7. The van der Waals surface area contributed by atoms with Gasteiger partial charge in [0.05, 0.1) is 0 Å². The fourth-order valence-corrected chi connectivity index (χ4v) is 3.64. The lowest BCUT2D eigenvalue weighted by molar-refractivity contribution is -0.122. The lowest BCUT2D eigenvalue weighted by atomic mass is 9.88. The summed E-state index contributed by atoms with van der Waals surface area (Å²) < 4.78 is 5.43. The molecule has 0 aromatic heterocycles. The molecule has 1 fully saturated rings. The smallest absolute Gasteiger partial charge is 0.410 e. The summed E-state index contributed by atoms with van der Waals surface area (Å²) in [5.41, 5.74) is 0.794. The number of carbonyl (C=O) groups excluding carboxylic acids is 2. The molecule has 0 aliphatic carbocycles. The van der Waals surface area contributed by atoms with Gasteiger partial charge >= 0.3 is 6.09 Å². The number of likely N-dealkylation sites (tertiary alicyclic amines) is 1. The highest BCUT2D eigenvalue weighted by molar-refractivity contribution is 5.76. The van der Waals surface area contributed by atoms with Crippen LogP contribution in [-0.2, 0) is 9.53 Å². The summed E-state index contributed by atoms with van der Waals surface area (Å²) in [6.45, 7) is 12.0. The van der Waals surface area contributed by atoms with E-state index in [1.165, 1.54) is 5.56 Å². The van der Waals surface area contributed by atoms with Gasteiger partial charge in [0.1, 0.15) is 5.60 Å². The van der Waals surface area contributed by atoms with Gasteiger partial charge in [-0.05, 0) is 51.0 Å². The second-order valence-corrected chi connectivity index (χ2v) is 9.18. The molecule has 5 nitrogen and oxygen atoms in total. The Hall–Kier alpha value is -2.04. The first kappa shape index (κ1) is 22.3. The first-order chi connectivity index (χ1) is 13.2. The van der Waals surface area contributed by atoms with Gasteiger partial charge in [-0.1, -0.05) is 44.2 Å². The van der Waals surface area contributed by atoms with Crippen LogP contribution in [0.25, 0.3) is 0 Å². The lowest BCUT2D eigenvalue weighted by Crippen LogP contribution is -2.42. The molecule has 28 heavy (non-hydrogen) atoms. The average Bonchev–Trinajstić information content (AvgIpc) is 2.61. The third kappa shape index (κ3) is 7.17. The maximum absolute atomic E-state index is 12.5. The first-order valence-corrected chi connectivity index (χ1v) is 10.5. The van der Waals surface area contributed by atoms with Gasteiger partial charge in [-0.25, -0.2) is 4.79 Å². The summed E-state index contributed by atoms with van der Waals surface area (Å²) >= 11 is 0. The molecule has 1 aromatic carbocycles. The monoisotopic (exact) mass is 388 g/mol. The summed E-state index contributed by atoms with van der Waals surface area (Å²) in [5, 5.41) is 3.13. The summed E-state index contributed by atoms with van der Waals surface area (Å²) in [6.07, 6.45) is 1.97. The highest BCUT2D eigenvalue weighted by Crippen LogP contribution is 2.25. The molecule has 2 amide bonds. The fourth-order valence-electron chi connectivity index (χ4n) is 3.64. The minimum absolute atomic E-state index is 0.109. The SMILES string of the molecule is CC(C)C(CNC(=O)CC1CCN(C(=O)OC(C)(C)C)CC1)c1ccccc1. The van der Waals surface area contributed by atoms with Crippen LogP contribution < -0.4 is 5.32 Å². The zero-order valence-electron chi connectivity index (χ0n) is 18.0. The van der Waals surface area contributed by atoms with Crippen LogP contribution in [0.1, 0.15) is 65.4 Å². The highest BCUT2D eigenvalue weighted by Gasteiger charge is 2.28. The molecule has 1 aliphatic rings. The van der Waals surface area contributed by atoms with E-state index < -0.39 is 5.60 Å². The molecule has 1 aliphatic heterocycles. The van der Waals surface area contributed by atoms with Gasteiger partial charge in [0.15, 0.2) is 0 Å². The van der Waals surface area contributed by atoms with E-state index in [0.717, 1.165) is 12.8 Å². The van der Waals surface area contributed by atoms with E-state index in [2.05, 4.69) is 31.3 Å². The van der Waals surface area contributed by atoms with Crippen LogP contribution in [0.5, 0.6) is 0 Å². The molecule has 1 atom stereocenters. The maximum atomic E-state index is 12.5. The second kappa shape index (κ2) is 9.94. The number of nitrogens with zero attached hydrogens (tertiary/aromatic N) is 1. The van der Waals surface area contributed by atoms with Gasteiger partial charge in [0.2, 0.25) is 5.91 Å². The van der Waals surface area contributed by atoms with E-state index in [4.69, 9.17) is 4.74 Å². The number of hydrogen-bond donors (Lipinski definition) is 1. The average molecular weight is 389 g/mol. The Morgan fingerprint density at radius 2 is 1.75 bits per heavy atom. The zero-order valence-corrected chi connectivity index (χ0v) is 18.0. The van der Waals surface area contributed by atoms with Crippen molar-refractivity contribution in [1.29, 1.82) is 0 Å². The number of amides is 2. The molecule has 1 unspecified atom stereocenters. The minimum Gasteiger partial charge on any atom is -0.444 e. The molecule has 0 bridgehead atoms. The van der Waals surface area contributed by atoms with E-state index in [1.807, 2.05) is 39.0 Å². The van der Waals surface area contributed by atoms with Crippen molar-refractivity contribution in [2.24, 2.45) is 11.8 Å². The summed E-state index contributed by atoms with van der Waals surface area (Å²) in [5.74, 6) is 1.21. The van der Waals surface area contributed by atoms with Crippen LogP contribution >= 0.6 is 0 Å². The maximum Gasteiger partial charge on any atom is 0.410 e. The lowest BCUT2D eigenvalue weighted by Gasteiger charge is -2.33. The van der Waals surface area contributed by atoms with Crippen molar-refractivity contribution >= 4 is 12.0 Å². The second-order valence-electron chi connectivity index (χ2n) is 9.18. The number of piperidine rings is 1. The van der Waals surface area contributed by atoms with Crippen molar-refractivity contribution in [2.45, 2.75) is 65.4 Å². The van der Waals surface area contributed by atoms with E-state index >= 15 is 0 Å². The van der Waals surface area contributed by atoms with Gasteiger partial charge in [-0.3, -0.25) is 4.79 Å². The summed E-state index contributed by atoms with van der Waals surface area (Å²) in [6, 6.07) is 10.4. The third-order valence-electron chi connectivity index (χ3n) is 5.29. The van der Waals surface area contributed by atoms with Crippen LogP contribution in [0.2, 0.25) is 0 Å². The predicted molar refractivity (Wildman–Crippen MR) is 112 cm³/mol. The molecule has 0 radical (unpaired) electrons. The Kier molecular flexibility index (Phi) is 7.90. The highest BCUT2D eigenvalue weighted by atomic mass is 16.6. The van der Waals surface area contributed by atoms with E-state index in [1.54, 1.807) is 4.90 Å². The van der Waals surface area contributed by atoms with Crippen molar-refractivity contribution in [1.82, 2.24) is 10.2 Å². The first-order valence-electron chi connectivity index (χ1n) is 10.5. The third-order valence-corrected chi connectivity index (χ3v) is 5.29. The molecule has 2 rings (SSSR count). The summed E-state index contributed by atoms with van der Waals surface area (Å²) in [4.78, 5) is 26.4. The molecule has 1 N–H and O–H groups in total. The van der Waals surface area contributed by atoms with Crippen molar-refractivity contribution in [2.75, 3.05) is 19.6 Å². The standard InChI is InChI=1S/C23H36N2O3/c1-17(2)20(19-9-7-6-8-10-19)16-24-21(26)15-18-11-13-25(14-12-18)22(27)28-23(3,4)5/h6-10,17-18,20H,11-16H2,1-5H3,(H,24,26). The molecule has 156 valence electrons. The van der Waals surface area contributed by atoms with E-state index in [-0.39, 0.29) is 12.0 Å². The summed E-state index contributed by atoms with van der Waals surface area (Å²) in [7, 11) is 0. The molecule has 1 aromatic rings. The van der Waals surface area contributed by atoms with Gasteiger partial charge < -0.3 is 15.0 Å². The predicted octanol–water partition coefficient (Wildman–Crippen LogP) is 4.58. The Morgan fingerprint density at radius 3 is 2.29 bits per heavy atom. The van der Waals surface area contributed by atoms with Crippen molar-refractivity contribution in [3.63, 3.8) is 0 Å². The quantitative estimate of drug-likeness (QED) is 0.776. The van der Waals surface area contributed by atoms with E-state index in [0.29, 0.717) is 43.8 Å². The van der Waals surface area contributed by atoms with Crippen LogP contribution in [0.15, 0.2) is 30.3 Å². The van der Waals surface area contributed by atoms with E-state index in [9.17, 15) is 9.59 Å². The molecular formula is C23H36N2O3. The van der Waals surface area contributed by atoms with Gasteiger partial charge in [-0.2, -0.15) is 0 Å². The van der Waals surface area contributed by atoms with Crippen LogP contribution in [0.3, 0.4) is 0 Å². The van der Waals surface area contributed by atoms with Crippen molar-refractivity contribution < 1.29 is 14.3 Å². The molecule has 1 heterocycles. The molecule has 1 saturated heterocycles. The molecule has 0 spiro atoms. The Bertz CT molecular complexity index is 629.